The second-order valence-corrected chi connectivity index (χ2v) is 9.71. The Bertz CT molecular complexity index is 866. The Kier molecular flexibility index (Phi) is 4.33. The van der Waals surface area contributed by atoms with Gasteiger partial charge in [-0.15, -0.1) is 0 Å². The van der Waals surface area contributed by atoms with Crippen LogP contribution in [0.4, 0.5) is 0 Å². The smallest absolute Gasteiger partial charge is 0.341 e. The number of hydrogen-bond acceptors (Lipinski definition) is 4. The van der Waals surface area contributed by atoms with E-state index in [2.05, 4.69) is 33.8 Å². The lowest BCUT2D eigenvalue weighted by Crippen LogP contribution is -2.60. The lowest BCUT2D eigenvalue weighted by Gasteiger charge is -2.63. The van der Waals surface area contributed by atoms with Gasteiger partial charge >= 0.3 is 5.97 Å². The summed E-state index contributed by atoms with van der Waals surface area (Å²) in [6.45, 7) is 10.7. The van der Waals surface area contributed by atoms with E-state index in [0.717, 1.165) is 30.6 Å². The normalized spacial score (nSPS) is 34.6. The molecule has 0 radical (unpaired) electrons. The fourth-order valence-corrected chi connectivity index (χ4v) is 6.48. The van der Waals surface area contributed by atoms with Crippen molar-refractivity contribution in [1.29, 1.82) is 0 Å². The van der Waals surface area contributed by atoms with Gasteiger partial charge in [-0.05, 0) is 76.3 Å². The quantitative estimate of drug-likeness (QED) is 0.549. The molecule has 1 N–H and O–H groups in total. The predicted molar refractivity (Wildman–Crippen MR) is 109 cm³/mol. The molecule has 2 saturated carbocycles. The lowest BCUT2D eigenvalue weighted by molar-refractivity contribution is -0.133. The maximum Gasteiger partial charge on any atom is 0.341 e. The third kappa shape index (κ3) is 2.46. The van der Waals surface area contributed by atoms with Crippen LogP contribution in [0.15, 0.2) is 17.7 Å². The largest absolute Gasteiger partial charge is 0.507 e. The topological polar surface area (TPSA) is 55.8 Å². The number of rotatable bonds is 4. The summed E-state index contributed by atoms with van der Waals surface area (Å²) < 4.78 is 11.4. The van der Waals surface area contributed by atoms with E-state index in [1.54, 1.807) is 0 Å². The van der Waals surface area contributed by atoms with E-state index in [9.17, 15) is 9.90 Å². The minimum absolute atomic E-state index is 0.0627. The van der Waals surface area contributed by atoms with Gasteiger partial charge in [0.05, 0.1) is 7.11 Å². The van der Waals surface area contributed by atoms with Crippen LogP contribution in [0.5, 0.6) is 11.5 Å². The number of esters is 1. The number of aryl methyl sites for hydroxylation is 1. The second-order valence-electron chi connectivity index (χ2n) is 9.71. The van der Waals surface area contributed by atoms with Crippen LogP contribution < -0.4 is 4.74 Å². The van der Waals surface area contributed by atoms with Gasteiger partial charge in [0.15, 0.2) is 0 Å². The third-order valence-corrected chi connectivity index (χ3v) is 7.79. The van der Waals surface area contributed by atoms with Gasteiger partial charge in [-0.1, -0.05) is 18.6 Å². The van der Waals surface area contributed by atoms with Crippen LogP contribution in [0.25, 0.3) is 0 Å². The number of fused-ring (bicyclic) bond motifs is 2. The molecule has 0 spiro atoms. The van der Waals surface area contributed by atoms with Crippen LogP contribution in [0.1, 0.15) is 80.8 Å². The predicted octanol–water partition coefficient (Wildman–Crippen LogP) is 5.51. The van der Waals surface area contributed by atoms with Crippen molar-refractivity contribution < 1.29 is 19.4 Å². The first-order chi connectivity index (χ1) is 13.1. The zero-order valence-electron chi connectivity index (χ0n) is 17.9. The monoisotopic (exact) mass is 384 g/mol. The summed E-state index contributed by atoms with van der Waals surface area (Å²) in [4.78, 5) is 12.3. The number of benzene rings is 1. The fraction of sp³-hybridized carbons (Fsp3) is 0.625. The van der Waals surface area contributed by atoms with E-state index in [1.807, 2.05) is 13.0 Å². The molecule has 5 atom stereocenters. The van der Waals surface area contributed by atoms with Gasteiger partial charge in [0.25, 0.3) is 0 Å². The maximum atomic E-state index is 12.3. The average Bonchev–Trinajstić information content (AvgIpc) is 2.94. The molecule has 1 aromatic rings. The molecule has 3 aliphatic rings. The van der Waals surface area contributed by atoms with E-state index in [0.29, 0.717) is 17.4 Å². The number of ether oxygens (including phenoxy) is 2. The van der Waals surface area contributed by atoms with Gasteiger partial charge in [-0.25, -0.2) is 4.79 Å². The van der Waals surface area contributed by atoms with Gasteiger partial charge in [0, 0.05) is 17.4 Å². The van der Waals surface area contributed by atoms with E-state index >= 15 is 0 Å². The minimum Gasteiger partial charge on any atom is -0.507 e. The van der Waals surface area contributed by atoms with Crippen molar-refractivity contribution in [2.45, 2.75) is 71.8 Å². The lowest BCUT2D eigenvalue weighted by atomic mass is 9.43. The van der Waals surface area contributed by atoms with Gasteiger partial charge in [-0.2, -0.15) is 0 Å². The zero-order valence-corrected chi connectivity index (χ0v) is 17.9. The number of carbonyl (C=O) groups is 1. The molecule has 2 fully saturated rings. The molecule has 0 saturated heterocycles. The van der Waals surface area contributed by atoms with Crippen molar-refractivity contribution in [3.8, 4) is 11.5 Å². The highest BCUT2D eigenvalue weighted by Gasteiger charge is 2.70. The standard InChI is InChI=1S/C24H32O4/c1-13(2)8-7-10-23(4)15-9-11-24(5)19(15)20(23)18-16(28-24)12-14(3)17(21(18)25)22(26)27-6/h8,12,15,19-20,25H,7,9-11H2,1-6H3/t15-,19+,20+,23+,24+/m1/s1. The van der Waals surface area contributed by atoms with E-state index in [4.69, 9.17) is 9.47 Å². The van der Waals surface area contributed by atoms with Crippen LogP contribution in [-0.4, -0.2) is 23.8 Å². The van der Waals surface area contributed by atoms with Gasteiger partial charge in [0.1, 0.15) is 22.7 Å². The third-order valence-electron chi connectivity index (χ3n) is 7.79. The van der Waals surface area contributed by atoms with E-state index in [1.165, 1.54) is 19.1 Å². The van der Waals surface area contributed by atoms with Gasteiger partial charge in [-0.3, -0.25) is 0 Å². The molecule has 4 heteroatoms. The summed E-state index contributed by atoms with van der Waals surface area (Å²) in [5, 5.41) is 11.2. The van der Waals surface area contributed by atoms with E-state index < -0.39 is 5.97 Å². The number of phenols is 1. The molecule has 0 unspecified atom stereocenters. The van der Waals surface area contributed by atoms with Crippen LogP contribution >= 0.6 is 0 Å². The highest BCUT2D eigenvalue weighted by atomic mass is 16.5. The van der Waals surface area contributed by atoms with E-state index in [-0.39, 0.29) is 28.2 Å². The molecular weight excluding hydrogens is 352 g/mol. The summed E-state index contributed by atoms with van der Waals surface area (Å²) in [5.41, 5.74) is 3.07. The Morgan fingerprint density at radius 1 is 1.39 bits per heavy atom. The first-order valence-electron chi connectivity index (χ1n) is 10.4. The Morgan fingerprint density at radius 2 is 2.11 bits per heavy atom. The molecule has 28 heavy (non-hydrogen) atoms. The molecule has 2 aliphatic carbocycles. The number of carbonyl (C=O) groups excluding carboxylic acids is 1. The minimum atomic E-state index is -0.486. The number of hydrogen-bond donors (Lipinski definition) is 1. The first kappa shape index (κ1) is 19.4. The second kappa shape index (κ2) is 6.27. The molecular formula is C24H32O4. The van der Waals surface area contributed by atoms with Crippen LogP contribution in [-0.2, 0) is 4.74 Å². The van der Waals surface area contributed by atoms with Gasteiger partial charge < -0.3 is 14.6 Å². The summed E-state index contributed by atoms with van der Waals surface area (Å²) in [6.07, 6.45) is 6.65. The molecule has 1 aromatic carbocycles. The average molecular weight is 385 g/mol. The SMILES string of the molecule is COC(=O)c1c(C)cc2c(c1O)[C@H]1[C@@H]3[C@@H](CC[C@]3(C)O2)[C@]1(C)CCC=C(C)C. The Labute approximate surface area is 167 Å². The molecule has 4 rings (SSSR count). The van der Waals surface area contributed by atoms with Crippen molar-refractivity contribution in [3.63, 3.8) is 0 Å². The summed E-state index contributed by atoms with van der Waals surface area (Å²) in [6, 6.07) is 1.92. The van der Waals surface area contributed by atoms with Crippen molar-refractivity contribution in [2.24, 2.45) is 17.3 Å². The summed E-state index contributed by atoms with van der Waals surface area (Å²) in [5.74, 6) is 1.54. The Morgan fingerprint density at radius 3 is 2.75 bits per heavy atom. The van der Waals surface area contributed by atoms with Crippen molar-refractivity contribution in [2.75, 3.05) is 7.11 Å². The van der Waals surface area contributed by atoms with Crippen molar-refractivity contribution >= 4 is 5.97 Å². The number of phenolic OH excluding ortho intramolecular Hbond substituents is 1. The highest BCUT2D eigenvalue weighted by molar-refractivity contribution is 5.95. The fourth-order valence-electron chi connectivity index (χ4n) is 6.48. The first-order valence-corrected chi connectivity index (χ1v) is 10.4. The number of allylic oxidation sites excluding steroid dienone is 2. The summed E-state index contributed by atoms with van der Waals surface area (Å²) in [7, 11) is 1.36. The molecule has 4 nitrogen and oxygen atoms in total. The van der Waals surface area contributed by atoms with Crippen molar-refractivity contribution in [1.82, 2.24) is 0 Å². The molecule has 152 valence electrons. The van der Waals surface area contributed by atoms with Crippen LogP contribution in [0.2, 0.25) is 0 Å². The van der Waals surface area contributed by atoms with Crippen LogP contribution in [0, 0.1) is 24.2 Å². The summed E-state index contributed by atoms with van der Waals surface area (Å²) >= 11 is 0. The van der Waals surface area contributed by atoms with Crippen LogP contribution in [0.3, 0.4) is 0 Å². The number of methoxy groups -OCH3 is 1. The highest BCUT2D eigenvalue weighted by Crippen LogP contribution is 2.75. The maximum absolute atomic E-state index is 12.3. The molecule has 1 aliphatic heterocycles. The molecule has 0 bridgehead atoms. The molecule has 0 amide bonds. The van der Waals surface area contributed by atoms with Gasteiger partial charge in [0.2, 0.25) is 0 Å². The zero-order chi connectivity index (χ0) is 20.4. The number of aromatic hydroxyl groups is 1. The molecule has 1 heterocycles. The van der Waals surface area contributed by atoms with Crippen molar-refractivity contribution in [3.05, 3.63) is 34.4 Å². The molecule has 0 aromatic heterocycles. The Hall–Kier alpha value is -1.97. The Balaban J connectivity index is 1.83.